The smallest absolute Gasteiger partial charge is 0.163 e. The molecular weight excluding hydrogens is 214 g/mol. The molecule has 2 heterocycles. The van der Waals surface area contributed by atoms with Crippen LogP contribution in [0.4, 0.5) is 5.82 Å². The lowest BCUT2D eigenvalue weighted by Gasteiger charge is -2.35. The van der Waals surface area contributed by atoms with Crippen LogP contribution in [-0.4, -0.2) is 48.4 Å². The Morgan fingerprint density at radius 3 is 2.65 bits per heavy atom. The van der Waals surface area contributed by atoms with Gasteiger partial charge < -0.3 is 9.80 Å². The monoisotopic (exact) mass is 233 g/mol. The molecule has 0 aromatic carbocycles. The van der Waals surface area contributed by atoms with Crippen molar-refractivity contribution in [3.8, 4) is 0 Å². The second-order valence-electron chi connectivity index (χ2n) is 4.35. The lowest BCUT2D eigenvalue weighted by atomic mass is 10.1. The normalized spacial score (nSPS) is 17.2. The molecule has 1 saturated heterocycles. The second-order valence-corrected chi connectivity index (χ2v) is 4.35. The van der Waals surface area contributed by atoms with Crippen molar-refractivity contribution in [1.29, 1.82) is 0 Å². The fraction of sp³-hybridized carbons (Fsp3) is 0.538. The van der Waals surface area contributed by atoms with Crippen LogP contribution in [0.3, 0.4) is 0 Å². The highest BCUT2D eigenvalue weighted by molar-refractivity contribution is 5.98. The van der Waals surface area contributed by atoms with Crippen LogP contribution in [0, 0.1) is 0 Å². The third kappa shape index (κ3) is 2.64. The van der Waals surface area contributed by atoms with E-state index in [-0.39, 0.29) is 5.78 Å². The minimum Gasteiger partial charge on any atom is -0.353 e. The van der Waals surface area contributed by atoms with Crippen molar-refractivity contribution in [3.63, 3.8) is 0 Å². The SMILES string of the molecule is CCN1CCN(c2ncccc2C(C)=O)CC1. The Bertz CT molecular complexity index is 397. The van der Waals surface area contributed by atoms with E-state index in [4.69, 9.17) is 0 Å². The first kappa shape index (κ1) is 12.0. The molecule has 0 bridgehead atoms. The lowest BCUT2D eigenvalue weighted by molar-refractivity contribution is 0.101. The molecule has 1 aliphatic rings. The van der Waals surface area contributed by atoms with Crippen LogP contribution in [0.15, 0.2) is 18.3 Å². The van der Waals surface area contributed by atoms with Gasteiger partial charge in [-0.05, 0) is 25.6 Å². The van der Waals surface area contributed by atoms with Gasteiger partial charge in [-0.1, -0.05) is 6.92 Å². The molecule has 2 rings (SSSR count). The molecule has 1 aromatic heterocycles. The van der Waals surface area contributed by atoms with Gasteiger partial charge in [-0.25, -0.2) is 4.98 Å². The predicted octanol–water partition coefficient (Wildman–Crippen LogP) is 1.43. The summed E-state index contributed by atoms with van der Waals surface area (Å²) in [6.45, 7) is 8.86. The zero-order chi connectivity index (χ0) is 12.3. The first-order valence-corrected chi connectivity index (χ1v) is 6.15. The summed E-state index contributed by atoms with van der Waals surface area (Å²) < 4.78 is 0. The van der Waals surface area contributed by atoms with Crippen LogP contribution in [0.5, 0.6) is 0 Å². The Labute approximate surface area is 102 Å². The number of aromatic nitrogens is 1. The van der Waals surface area contributed by atoms with Gasteiger partial charge in [0.2, 0.25) is 0 Å². The third-order valence-corrected chi connectivity index (χ3v) is 3.29. The molecule has 0 aliphatic carbocycles. The van der Waals surface area contributed by atoms with E-state index in [2.05, 4.69) is 21.7 Å². The van der Waals surface area contributed by atoms with Crippen LogP contribution in [-0.2, 0) is 0 Å². The van der Waals surface area contributed by atoms with Gasteiger partial charge in [0.05, 0.1) is 5.56 Å². The Morgan fingerprint density at radius 2 is 2.06 bits per heavy atom. The van der Waals surface area contributed by atoms with Gasteiger partial charge in [0.15, 0.2) is 5.78 Å². The first-order valence-electron chi connectivity index (χ1n) is 6.15. The van der Waals surface area contributed by atoms with Crippen molar-refractivity contribution >= 4 is 11.6 Å². The number of pyridine rings is 1. The van der Waals surface area contributed by atoms with E-state index in [1.807, 2.05) is 12.1 Å². The van der Waals surface area contributed by atoms with Gasteiger partial charge in [-0.3, -0.25) is 4.79 Å². The van der Waals surface area contributed by atoms with Crippen LogP contribution in [0.2, 0.25) is 0 Å². The Kier molecular flexibility index (Phi) is 3.74. The number of carbonyl (C=O) groups is 1. The molecule has 0 amide bonds. The van der Waals surface area contributed by atoms with Crippen LogP contribution in [0.1, 0.15) is 24.2 Å². The summed E-state index contributed by atoms with van der Waals surface area (Å²) in [7, 11) is 0. The summed E-state index contributed by atoms with van der Waals surface area (Å²) in [6, 6.07) is 3.68. The van der Waals surface area contributed by atoms with E-state index in [0.29, 0.717) is 0 Å². The van der Waals surface area contributed by atoms with Crippen LogP contribution in [0.25, 0.3) is 0 Å². The van der Waals surface area contributed by atoms with Crippen molar-refractivity contribution in [1.82, 2.24) is 9.88 Å². The van der Waals surface area contributed by atoms with E-state index >= 15 is 0 Å². The minimum atomic E-state index is 0.0889. The highest BCUT2D eigenvalue weighted by atomic mass is 16.1. The molecule has 92 valence electrons. The number of anilines is 1. The Morgan fingerprint density at radius 1 is 1.35 bits per heavy atom. The summed E-state index contributed by atoms with van der Waals surface area (Å²) in [4.78, 5) is 20.5. The molecule has 4 nitrogen and oxygen atoms in total. The Balaban J connectivity index is 2.15. The van der Waals surface area contributed by atoms with E-state index in [1.54, 1.807) is 13.1 Å². The fourth-order valence-corrected chi connectivity index (χ4v) is 2.20. The average Bonchev–Trinajstić information content (AvgIpc) is 2.39. The molecule has 0 unspecified atom stereocenters. The predicted molar refractivity (Wildman–Crippen MR) is 68.6 cm³/mol. The van der Waals surface area contributed by atoms with E-state index < -0.39 is 0 Å². The van der Waals surface area contributed by atoms with Crippen molar-refractivity contribution in [2.75, 3.05) is 37.6 Å². The largest absolute Gasteiger partial charge is 0.353 e. The molecule has 0 N–H and O–H groups in total. The number of rotatable bonds is 3. The van der Waals surface area contributed by atoms with Crippen molar-refractivity contribution in [2.45, 2.75) is 13.8 Å². The molecule has 0 spiro atoms. The van der Waals surface area contributed by atoms with Crippen molar-refractivity contribution in [2.24, 2.45) is 0 Å². The summed E-state index contributed by atoms with van der Waals surface area (Å²) in [5.74, 6) is 0.932. The average molecular weight is 233 g/mol. The van der Waals surface area contributed by atoms with Crippen molar-refractivity contribution < 1.29 is 4.79 Å². The molecule has 1 fully saturated rings. The van der Waals surface area contributed by atoms with Crippen LogP contribution >= 0.6 is 0 Å². The molecule has 0 radical (unpaired) electrons. The van der Waals surface area contributed by atoms with Gasteiger partial charge in [0.25, 0.3) is 0 Å². The first-order chi connectivity index (χ1) is 8.22. The number of hydrogen-bond acceptors (Lipinski definition) is 4. The summed E-state index contributed by atoms with van der Waals surface area (Å²) >= 11 is 0. The minimum absolute atomic E-state index is 0.0889. The lowest BCUT2D eigenvalue weighted by Crippen LogP contribution is -2.46. The number of Topliss-reactive ketones (excluding diaryl/α,β-unsaturated/α-hetero) is 1. The molecular formula is C13H19N3O. The summed E-state index contributed by atoms with van der Waals surface area (Å²) in [5.41, 5.74) is 0.734. The molecule has 0 atom stereocenters. The van der Waals surface area contributed by atoms with Crippen LogP contribution < -0.4 is 4.90 Å². The fourth-order valence-electron chi connectivity index (χ4n) is 2.20. The standard InChI is InChI=1S/C13H19N3O/c1-3-15-7-9-16(10-8-15)13-12(11(2)17)5-4-6-14-13/h4-6H,3,7-10H2,1-2H3. The number of carbonyl (C=O) groups excluding carboxylic acids is 1. The quantitative estimate of drug-likeness (QED) is 0.740. The van der Waals surface area contributed by atoms with Gasteiger partial charge in [0.1, 0.15) is 5.82 Å². The highest BCUT2D eigenvalue weighted by Gasteiger charge is 2.20. The maximum Gasteiger partial charge on any atom is 0.163 e. The summed E-state index contributed by atoms with van der Waals surface area (Å²) in [5, 5.41) is 0. The number of ketones is 1. The van der Waals surface area contributed by atoms with Gasteiger partial charge in [0, 0.05) is 32.4 Å². The zero-order valence-electron chi connectivity index (χ0n) is 10.5. The van der Waals surface area contributed by atoms with E-state index in [9.17, 15) is 4.79 Å². The van der Waals surface area contributed by atoms with Gasteiger partial charge in [-0.15, -0.1) is 0 Å². The van der Waals surface area contributed by atoms with E-state index in [1.165, 1.54) is 0 Å². The third-order valence-electron chi connectivity index (χ3n) is 3.29. The van der Waals surface area contributed by atoms with Gasteiger partial charge >= 0.3 is 0 Å². The Hall–Kier alpha value is -1.42. The molecule has 17 heavy (non-hydrogen) atoms. The maximum absolute atomic E-state index is 11.6. The second kappa shape index (κ2) is 5.27. The highest BCUT2D eigenvalue weighted by Crippen LogP contribution is 2.19. The van der Waals surface area contributed by atoms with Gasteiger partial charge in [-0.2, -0.15) is 0 Å². The number of piperazine rings is 1. The molecule has 1 aliphatic heterocycles. The number of likely N-dealkylation sites (N-methyl/N-ethyl adjacent to an activating group) is 1. The number of hydrogen-bond donors (Lipinski definition) is 0. The summed E-state index contributed by atoms with van der Waals surface area (Å²) in [6.07, 6.45) is 1.76. The molecule has 0 saturated carbocycles. The maximum atomic E-state index is 11.6. The molecule has 1 aromatic rings. The molecule has 4 heteroatoms. The topological polar surface area (TPSA) is 36.4 Å². The van der Waals surface area contributed by atoms with E-state index in [0.717, 1.165) is 44.1 Å². The number of nitrogens with zero attached hydrogens (tertiary/aromatic N) is 3. The van der Waals surface area contributed by atoms with Crippen molar-refractivity contribution in [3.05, 3.63) is 23.9 Å². The zero-order valence-corrected chi connectivity index (χ0v) is 10.5.